The van der Waals surface area contributed by atoms with Gasteiger partial charge < -0.3 is 0 Å². The van der Waals surface area contributed by atoms with Crippen molar-refractivity contribution < 1.29 is 0 Å². The molecule has 0 amide bonds. The van der Waals surface area contributed by atoms with Gasteiger partial charge >= 0.3 is 0 Å². The van der Waals surface area contributed by atoms with Crippen LogP contribution >= 0.6 is 0 Å². The van der Waals surface area contributed by atoms with Crippen molar-refractivity contribution in [3.63, 3.8) is 0 Å². The Morgan fingerprint density at radius 3 is 2.76 bits per heavy atom. The van der Waals surface area contributed by atoms with Crippen LogP contribution in [0.15, 0.2) is 30.3 Å². The van der Waals surface area contributed by atoms with E-state index in [0.29, 0.717) is 12.1 Å². The van der Waals surface area contributed by atoms with Crippen LogP contribution in [-0.4, -0.2) is 23.5 Å². The largest absolute Gasteiger partial charge is 0.293 e. The Labute approximate surface area is 104 Å². The van der Waals surface area contributed by atoms with E-state index >= 15 is 0 Å². The number of hydrogen-bond donors (Lipinski definition) is 0. The van der Waals surface area contributed by atoms with E-state index in [-0.39, 0.29) is 0 Å². The van der Waals surface area contributed by atoms with Crippen molar-refractivity contribution >= 4 is 5.57 Å². The van der Waals surface area contributed by atoms with Gasteiger partial charge in [0.25, 0.3) is 0 Å². The van der Waals surface area contributed by atoms with Crippen LogP contribution < -0.4 is 0 Å². The fourth-order valence-corrected chi connectivity index (χ4v) is 3.37. The second-order valence-corrected chi connectivity index (χ2v) is 5.79. The highest BCUT2D eigenvalue weighted by Gasteiger charge is 2.40. The molecule has 90 valence electrons. The van der Waals surface area contributed by atoms with Gasteiger partial charge in [0.05, 0.1) is 0 Å². The van der Waals surface area contributed by atoms with Gasteiger partial charge in [0.2, 0.25) is 0 Å². The molecular formula is C16H21N. The summed E-state index contributed by atoms with van der Waals surface area (Å²) in [7, 11) is 0. The van der Waals surface area contributed by atoms with Crippen molar-refractivity contribution in [3.8, 4) is 0 Å². The van der Waals surface area contributed by atoms with Crippen LogP contribution in [0.2, 0.25) is 0 Å². The minimum Gasteiger partial charge on any atom is -0.293 e. The lowest BCUT2D eigenvalue weighted by molar-refractivity contribution is 0.231. The molecule has 1 nitrogen and oxygen atoms in total. The third-order valence-electron chi connectivity index (χ3n) is 4.16. The smallest absolute Gasteiger partial charge is 0.0360 e. The minimum absolute atomic E-state index is 0.665. The van der Waals surface area contributed by atoms with Crippen LogP contribution in [0.4, 0.5) is 0 Å². The third kappa shape index (κ3) is 1.83. The van der Waals surface area contributed by atoms with E-state index in [9.17, 15) is 0 Å². The molecule has 0 radical (unpaired) electrons. The third-order valence-corrected chi connectivity index (χ3v) is 4.16. The van der Waals surface area contributed by atoms with E-state index in [1.807, 2.05) is 0 Å². The number of aryl methyl sites for hydroxylation is 1. The quantitative estimate of drug-likeness (QED) is 0.747. The monoisotopic (exact) mass is 227 g/mol. The van der Waals surface area contributed by atoms with Crippen molar-refractivity contribution in [2.45, 2.75) is 39.3 Å². The van der Waals surface area contributed by atoms with E-state index in [1.54, 1.807) is 5.57 Å². The molecule has 2 bridgehead atoms. The summed E-state index contributed by atoms with van der Waals surface area (Å²) in [6.45, 7) is 8.07. The Bertz CT molecular complexity index is 458. The summed E-state index contributed by atoms with van der Waals surface area (Å²) in [5, 5.41) is 0. The molecule has 1 aliphatic carbocycles. The molecule has 0 saturated carbocycles. The Balaban J connectivity index is 1.93. The summed E-state index contributed by atoms with van der Waals surface area (Å²) < 4.78 is 0. The van der Waals surface area contributed by atoms with Crippen LogP contribution in [0.3, 0.4) is 0 Å². The molecule has 1 fully saturated rings. The van der Waals surface area contributed by atoms with E-state index in [2.05, 4.69) is 56.0 Å². The molecule has 0 N–H and O–H groups in total. The number of benzene rings is 1. The first-order valence-electron chi connectivity index (χ1n) is 6.69. The Morgan fingerprint density at radius 1 is 1.29 bits per heavy atom. The highest BCUT2D eigenvalue weighted by atomic mass is 15.2. The van der Waals surface area contributed by atoms with Gasteiger partial charge in [-0.1, -0.05) is 35.9 Å². The van der Waals surface area contributed by atoms with Gasteiger partial charge in [-0.05, 0) is 44.2 Å². The molecular weight excluding hydrogens is 206 g/mol. The van der Waals surface area contributed by atoms with Gasteiger partial charge in [-0.3, -0.25) is 4.90 Å². The Morgan fingerprint density at radius 2 is 2.12 bits per heavy atom. The summed E-state index contributed by atoms with van der Waals surface area (Å²) in [4.78, 5) is 2.66. The molecule has 1 heterocycles. The number of fused-ring (bicyclic) bond motifs is 2. The van der Waals surface area contributed by atoms with Gasteiger partial charge in [-0.25, -0.2) is 0 Å². The van der Waals surface area contributed by atoms with E-state index in [1.165, 1.54) is 24.1 Å². The van der Waals surface area contributed by atoms with Gasteiger partial charge in [0.15, 0.2) is 0 Å². The normalized spacial score (nSPS) is 27.9. The van der Waals surface area contributed by atoms with Crippen molar-refractivity contribution in [2.24, 2.45) is 5.92 Å². The maximum absolute atomic E-state index is 2.66. The minimum atomic E-state index is 0.665. The van der Waals surface area contributed by atoms with Gasteiger partial charge in [0, 0.05) is 18.6 Å². The molecule has 1 aliphatic heterocycles. The maximum Gasteiger partial charge on any atom is 0.0360 e. The number of rotatable bonds is 2. The highest BCUT2D eigenvalue weighted by Crippen LogP contribution is 2.42. The first-order chi connectivity index (χ1) is 8.15. The molecule has 1 aromatic rings. The van der Waals surface area contributed by atoms with Gasteiger partial charge in [-0.15, -0.1) is 0 Å². The molecule has 1 saturated heterocycles. The highest BCUT2D eigenvalue weighted by molar-refractivity contribution is 5.73. The molecule has 0 aromatic heterocycles. The second kappa shape index (κ2) is 3.99. The molecule has 1 heteroatoms. The van der Waals surface area contributed by atoms with Crippen molar-refractivity contribution in [1.82, 2.24) is 4.90 Å². The lowest BCUT2D eigenvalue weighted by Gasteiger charge is -2.32. The molecule has 17 heavy (non-hydrogen) atoms. The zero-order valence-corrected chi connectivity index (χ0v) is 11.0. The fourth-order valence-electron chi connectivity index (χ4n) is 3.37. The van der Waals surface area contributed by atoms with Crippen LogP contribution in [0, 0.1) is 12.8 Å². The Hall–Kier alpha value is -1.08. The molecule has 3 rings (SSSR count). The van der Waals surface area contributed by atoms with Gasteiger partial charge in [-0.2, -0.15) is 0 Å². The zero-order valence-electron chi connectivity index (χ0n) is 11.0. The zero-order chi connectivity index (χ0) is 12.0. The lowest BCUT2D eigenvalue weighted by atomic mass is 9.98. The number of nitrogens with zero attached hydrogens (tertiary/aromatic N) is 1. The van der Waals surface area contributed by atoms with Crippen molar-refractivity contribution in [3.05, 3.63) is 41.5 Å². The van der Waals surface area contributed by atoms with E-state index < -0.39 is 0 Å². The summed E-state index contributed by atoms with van der Waals surface area (Å²) in [5.74, 6) is 0.790. The second-order valence-electron chi connectivity index (χ2n) is 5.79. The van der Waals surface area contributed by atoms with Crippen LogP contribution in [0.25, 0.3) is 5.57 Å². The summed E-state index contributed by atoms with van der Waals surface area (Å²) in [6, 6.07) is 10.3. The molecule has 2 unspecified atom stereocenters. The van der Waals surface area contributed by atoms with Crippen molar-refractivity contribution in [1.29, 1.82) is 0 Å². The molecule has 2 atom stereocenters. The summed E-state index contributed by atoms with van der Waals surface area (Å²) in [5.41, 5.74) is 4.36. The van der Waals surface area contributed by atoms with E-state index in [0.717, 1.165) is 5.92 Å². The molecule has 0 spiro atoms. The summed E-state index contributed by atoms with van der Waals surface area (Å²) >= 11 is 0. The first-order valence-corrected chi connectivity index (χ1v) is 6.69. The van der Waals surface area contributed by atoms with Gasteiger partial charge in [0.1, 0.15) is 0 Å². The molecule has 1 aromatic carbocycles. The average Bonchev–Trinajstić information content (AvgIpc) is 2.88. The maximum atomic E-state index is 2.66. The van der Waals surface area contributed by atoms with Crippen LogP contribution in [-0.2, 0) is 0 Å². The first kappa shape index (κ1) is 11.0. The topological polar surface area (TPSA) is 3.24 Å². The fraction of sp³-hybridized carbons (Fsp3) is 0.500. The number of hydrogen-bond acceptors (Lipinski definition) is 1. The predicted molar refractivity (Wildman–Crippen MR) is 72.9 cm³/mol. The van der Waals surface area contributed by atoms with Crippen molar-refractivity contribution in [2.75, 3.05) is 6.54 Å². The lowest BCUT2D eigenvalue weighted by Crippen LogP contribution is -2.37. The summed E-state index contributed by atoms with van der Waals surface area (Å²) in [6.07, 6.45) is 3.85. The average molecular weight is 227 g/mol. The van der Waals surface area contributed by atoms with Crippen LogP contribution in [0.5, 0.6) is 0 Å². The van der Waals surface area contributed by atoms with Crippen LogP contribution in [0.1, 0.15) is 31.4 Å². The SMILES string of the molecule is Cc1cccc(C2=CC3CC2N(C(C)C)C3)c1. The molecule has 2 aliphatic rings. The van der Waals surface area contributed by atoms with E-state index in [4.69, 9.17) is 0 Å². The Kier molecular flexibility index (Phi) is 2.59. The predicted octanol–water partition coefficient (Wildman–Crippen LogP) is 3.49. The standard InChI is InChI=1S/C16H21N/c1-11(2)17-10-13-8-15(16(17)9-13)14-6-4-5-12(3)7-14/h4-8,11,13,16H,9-10H2,1-3H3. The number of likely N-dealkylation sites (tertiary alicyclic amines) is 1.